The Labute approximate surface area is 124 Å². The van der Waals surface area contributed by atoms with E-state index in [4.69, 9.17) is 4.74 Å². The van der Waals surface area contributed by atoms with Gasteiger partial charge in [-0.3, -0.25) is 4.79 Å². The summed E-state index contributed by atoms with van der Waals surface area (Å²) in [7, 11) is 1.39. The maximum absolute atomic E-state index is 12.6. The van der Waals surface area contributed by atoms with Gasteiger partial charge in [0, 0.05) is 25.7 Å². The highest BCUT2D eigenvalue weighted by atomic mass is 16.5. The predicted molar refractivity (Wildman–Crippen MR) is 77.5 cm³/mol. The molecule has 112 valence electrons. The van der Waals surface area contributed by atoms with Crippen molar-refractivity contribution in [1.82, 2.24) is 9.80 Å². The third-order valence-electron chi connectivity index (χ3n) is 4.42. The van der Waals surface area contributed by atoms with Crippen LogP contribution in [0.3, 0.4) is 0 Å². The van der Waals surface area contributed by atoms with Gasteiger partial charge in [-0.2, -0.15) is 0 Å². The Hall–Kier alpha value is -2.04. The highest BCUT2D eigenvalue weighted by Gasteiger charge is 2.42. The first-order valence-electron chi connectivity index (χ1n) is 7.36. The van der Waals surface area contributed by atoms with Gasteiger partial charge in [0.1, 0.15) is 0 Å². The summed E-state index contributed by atoms with van der Waals surface area (Å²) >= 11 is 0. The molecule has 3 fully saturated rings. The maximum atomic E-state index is 12.6. The lowest BCUT2D eigenvalue weighted by molar-refractivity contribution is -0.140. The summed E-state index contributed by atoms with van der Waals surface area (Å²) in [4.78, 5) is 28.0. The van der Waals surface area contributed by atoms with Crippen LogP contribution in [0.1, 0.15) is 18.4 Å². The molecule has 0 unspecified atom stereocenters. The zero-order valence-corrected chi connectivity index (χ0v) is 12.2. The molecule has 3 saturated heterocycles. The fourth-order valence-electron chi connectivity index (χ4n) is 3.31. The van der Waals surface area contributed by atoms with Gasteiger partial charge in [-0.15, -0.1) is 0 Å². The largest absolute Gasteiger partial charge is 0.453 e. The number of fused-ring (bicyclic) bond motifs is 4. The van der Waals surface area contributed by atoms with Crippen LogP contribution in [0.4, 0.5) is 4.79 Å². The molecular formula is C16H20N2O3. The molecule has 2 atom stereocenters. The van der Waals surface area contributed by atoms with Gasteiger partial charge in [0.25, 0.3) is 0 Å². The van der Waals surface area contributed by atoms with E-state index in [9.17, 15) is 9.59 Å². The molecule has 0 saturated carbocycles. The number of nitrogens with zero attached hydrogens (tertiary/aromatic N) is 2. The average molecular weight is 288 g/mol. The number of amides is 2. The molecule has 0 aliphatic carbocycles. The average Bonchev–Trinajstić information content (AvgIpc) is 2.81. The summed E-state index contributed by atoms with van der Waals surface area (Å²) in [5, 5.41) is 0. The molecule has 21 heavy (non-hydrogen) atoms. The van der Waals surface area contributed by atoms with Gasteiger partial charge in [0.15, 0.2) is 0 Å². The van der Waals surface area contributed by atoms with Crippen LogP contribution in [0.15, 0.2) is 30.3 Å². The second-order valence-corrected chi connectivity index (χ2v) is 5.75. The van der Waals surface area contributed by atoms with Crippen molar-refractivity contribution < 1.29 is 14.3 Å². The summed E-state index contributed by atoms with van der Waals surface area (Å²) in [5.41, 5.74) is 1.13. The van der Waals surface area contributed by atoms with E-state index in [1.807, 2.05) is 35.2 Å². The number of carbonyl (C=O) groups is 2. The van der Waals surface area contributed by atoms with Crippen LogP contribution < -0.4 is 0 Å². The van der Waals surface area contributed by atoms with Gasteiger partial charge in [-0.1, -0.05) is 30.3 Å². The number of ether oxygens (including phenoxy) is 1. The number of carbonyl (C=O) groups excluding carboxylic acids is 2. The second-order valence-electron chi connectivity index (χ2n) is 5.75. The van der Waals surface area contributed by atoms with E-state index in [1.54, 1.807) is 4.90 Å². The van der Waals surface area contributed by atoms with Crippen LogP contribution in [0.5, 0.6) is 0 Å². The third kappa shape index (κ3) is 2.73. The predicted octanol–water partition coefficient (Wildman–Crippen LogP) is 1.88. The molecular weight excluding hydrogens is 268 g/mol. The van der Waals surface area contributed by atoms with E-state index in [0.29, 0.717) is 19.6 Å². The fraction of sp³-hybridized carbons (Fsp3) is 0.500. The Morgan fingerprint density at radius 2 is 2.00 bits per heavy atom. The normalized spacial score (nSPS) is 24.9. The minimum atomic E-state index is -0.332. The highest BCUT2D eigenvalue weighted by molar-refractivity contribution is 5.82. The van der Waals surface area contributed by atoms with Crippen molar-refractivity contribution in [3.05, 3.63) is 35.9 Å². The molecule has 2 bridgehead atoms. The number of piperidine rings is 1. The van der Waals surface area contributed by atoms with E-state index in [2.05, 4.69) is 0 Å². The van der Waals surface area contributed by atoms with Gasteiger partial charge in [0.2, 0.25) is 5.91 Å². The van der Waals surface area contributed by atoms with Crippen molar-refractivity contribution >= 4 is 12.0 Å². The summed E-state index contributed by atoms with van der Waals surface area (Å²) in [6, 6.07) is 10.1. The Kier molecular flexibility index (Phi) is 3.82. The lowest BCUT2D eigenvalue weighted by Crippen LogP contribution is -2.47. The summed E-state index contributed by atoms with van der Waals surface area (Å²) in [5.74, 6) is 0.0769. The van der Waals surface area contributed by atoms with E-state index >= 15 is 0 Å². The molecule has 0 radical (unpaired) electrons. The first-order valence-corrected chi connectivity index (χ1v) is 7.36. The standard InChI is InChI=1S/C16H20N2O3/c1-21-16(20)17-10-13-7-8-14(11-17)18(15(13)19)9-12-5-3-2-4-6-12/h2-6,13-14H,7-11H2,1H3/t13-,14+/m1/s1. The molecule has 1 aromatic rings. The van der Waals surface area contributed by atoms with Gasteiger partial charge in [-0.05, 0) is 18.4 Å². The maximum Gasteiger partial charge on any atom is 0.409 e. The van der Waals surface area contributed by atoms with Crippen molar-refractivity contribution in [3.8, 4) is 0 Å². The monoisotopic (exact) mass is 288 g/mol. The quantitative estimate of drug-likeness (QED) is 0.835. The molecule has 5 nitrogen and oxygen atoms in total. The zero-order valence-electron chi connectivity index (χ0n) is 12.2. The molecule has 1 aromatic carbocycles. The summed E-state index contributed by atoms with van der Waals surface area (Å²) in [6.07, 6.45) is 1.49. The number of hydrogen-bond acceptors (Lipinski definition) is 3. The van der Waals surface area contributed by atoms with Crippen LogP contribution in [0, 0.1) is 5.92 Å². The summed E-state index contributed by atoms with van der Waals surface area (Å²) in [6.45, 7) is 1.67. The highest BCUT2D eigenvalue weighted by Crippen LogP contribution is 2.30. The smallest absolute Gasteiger partial charge is 0.409 e. The van der Waals surface area contributed by atoms with Gasteiger partial charge in [0.05, 0.1) is 13.0 Å². The minimum Gasteiger partial charge on any atom is -0.453 e. The Morgan fingerprint density at radius 1 is 1.24 bits per heavy atom. The van der Waals surface area contributed by atoms with Crippen molar-refractivity contribution in [1.29, 1.82) is 0 Å². The van der Waals surface area contributed by atoms with E-state index in [1.165, 1.54) is 7.11 Å². The molecule has 3 aliphatic heterocycles. The molecule has 0 N–H and O–H groups in total. The number of rotatable bonds is 2. The van der Waals surface area contributed by atoms with Crippen LogP contribution >= 0.6 is 0 Å². The first kappa shape index (κ1) is 13.9. The van der Waals surface area contributed by atoms with Crippen molar-refractivity contribution in [3.63, 3.8) is 0 Å². The second kappa shape index (κ2) is 5.76. The van der Waals surface area contributed by atoms with Crippen molar-refractivity contribution in [2.24, 2.45) is 5.92 Å². The minimum absolute atomic E-state index is 0.0911. The Morgan fingerprint density at radius 3 is 2.71 bits per heavy atom. The zero-order chi connectivity index (χ0) is 14.8. The van der Waals surface area contributed by atoms with E-state index < -0.39 is 0 Å². The number of hydrogen-bond donors (Lipinski definition) is 0. The SMILES string of the molecule is COC(=O)N1C[C@H]2CC[C@@H](C1)N(Cc1ccccc1)C2=O. The molecule has 0 aromatic heterocycles. The van der Waals surface area contributed by atoms with Crippen LogP contribution in [0.2, 0.25) is 0 Å². The number of methoxy groups -OCH3 is 1. The van der Waals surface area contributed by atoms with Crippen LogP contribution in [0.25, 0.3) is 0 Å². The fourth-order valence-corrected chi connectivity index (χ4v) is 3.31. The number of benzene rings is 1. The Balaban J connectivity index is 1.79. The lowest BCUT2D eigenvalue weighted by atomic mass is 9.93. The van der Waals surface area contributed by atoms with Gasteiger partial charge in [-0.25, -0.2) is 4.79 Å². The summed E-state index contributed by atoms with van der Waals surface area (Å²) < 4.78 is 4.82. The topological polar surface area (TPSA) is 49.9 Å². The Bertz CT molecular complexity index is 532. The lowest BCUT2D eigenvalue weighted by Gasteiger charge is -2.35. The molecule has 3 heterocycles. The van der Waals surface area contributed by atoms with Crippen molar-refractivity contribution in [2.45, 2.75) is 25.4 Å². The van der Waals surface area contributed by atoms with Crippen LogP contribution in [-0.2, 0) is 16.1 Å². The van der Waals surface area contributed by atoms with E-state index in [0.717, 1.165) is 18.4 Å². The first-order chi connectivity index (χ1) is 10.2. The van der Waals surface area contributed by atoms with Crippen LogP contribution in [-0.4, -0.2) is 48.0 Å². The van der Waals surface area contributed by atoms with E-state index in [-0.39, 0.29) is 24.0 Å². The van der Waals surface area contributed by atoms with Gasteiger partial charge < -0.3 is 14.5 Å². The van der Waals surface area contributed by atoms with Crippen molar-refractivity contribution in [2.75, 3.05) is 20.2 Å². The molecule has 0 spiro atoms. The molecule has 2 amide bonds. The molecule has 5 heteroatoms. The molecule has 3 aliphatic rings. The third-order valence-corrected chi connectivity index (χ3v) is 4.42. The van der Waals surface area contributed by atoms with Gasteiger partial charge >= 0.3 is 6.09 Å². The molecule has 4 rings (SSSR count).